The zero-order valence-electron chi connectivity index (χ0n) is 15.3. The second-order valence-electron chi connectivity index (χ2n) is 5.95. The maximum absolute atomic E-state index is 11.9. The average Bonchev–Trinajstić information content (AvgIpc) is 2.56. The number of ether oxygens (including phenoxy) is 1. The van der Waals surface area contributed by atoms with Gasteiger partial charge in [-0.2, -0.15) is 8.42 Å². The van der Waals surface area contributed by atoms with Gasteiger partial charge in [0.25, 0.3) is 10.1 Å². The summed E-state index contributed by atoms with van der Waals surface area (Å²) in [6.07, 6.45) is 5.42. The van der Waals surface area contributed by atoms with Crippen LogP contribution in [0.15, 0.2) is 47.4 Å². The van der Waals surface area contributed by atoms with Crippen LogP contribution in [0.5, 0.6) is 17.2 Å². The Hall–Kier alpha value is -1.05. The first-order valence-electron chi connectivity index (χ1n) is 8.46. The van der Waals surface area contributed by atoms with E-state index in [4.69, 9.17) is 4.74 Å². The molecule has 0 radical (unpaired) electrons. The van der Waals surface area contributed by atoms with E-state index in [1.54, 1.807) is 24.3 Å². The van der Waals surface area contributed by atoms with E-state index in [2.05, 4.69) is 6.92 Å². The van der Waals surface area contributed by atoms with Crippen molar-refractivity contribution in [1.82, 2.24) is 0 Å². The molecular weight excluding hydrogens is 363 g/mol. The monoisotopic (exact) mass is 386 g/mol. The number of benzene rings is 2. The van der Waals surface area contributed by atoms with E-state index in [9.17, 15) is 18.1 Å². The van der Waals surface area contributed by atoms with Crippen LogP contribution in [0.1, 0.15) is 44.6 Å². The van der Waals surface area contributed by atoms with Crippen molar-refractivity contribution < 1.29 is 52.4 Å². The quantitative estimate of drug-likeness (QED) is 0.399. The Kier molecular flexibility index (Phi) is 9.68. The Bertz CT molecular complexity index is 791. The molecule has 2 aromatic rings. The predicted octanol–water partition coefficient (Wildman–Crippen LogP) is 1.32. The molecule has 2 rings (SSSR count). The van der Waals surface area contributed by atoms with E-state index in [0.717, 1.165) is 38.2 Å². The van der Waals surface area contributed by atoms with Gasteiger partial charge in [-0.1, -0.05) is 50.8 Å². The summed E-state index contributed by atoms with van der Waals surface area (Å²) in [5.41, 5.74) is 0.349. The van der Waals surface area contributed by atoms with Crippen LogP contribution in [0.2, 0.25) is 0 Å². The Labute approximate surface area is 177 Å². The van der Waals surface area contributed by atoms with E-state index in [1.807, 2.05) is 6.07 Å². The minimum Gasteiger partial charge on any atom is -0.872 e. The molecule has 0 unspecified atom stereocenters. The van der Waals surface area contributed by atoms with Gasteiger partial charge in [0.15, 0.2) is 0 Å². The largest absolute Gasteiger partial charge is 1.00 e. The Balaban J connectivity index is 0.00000338. The van der Waals surface area contributed by atoms with E-state index >= 15 is 0 Å². The van der Waals surface area contributed by atoms with E-state index in [-0.39, 0.29) is 40.2 Å². The molecule has 1 N–H and O–H groups in total. The molecule has 0 atom stereocenters. The van der Waals surface area contributed by atoms with Crippen LogP contribution in [0.25, 0.3) is 0 Å². The van der Waals surface area contributed by atoms with Crippen LogP contribution in [-0.2, 0) is 16.5 Å². The topological polar surface area (TPSA) is 86.7 Å². The first-order chi connectivity index (χ1) is 11.9. The first kappa shape index (κ1) is 23.0. The normalized spacial score (nSPS) is 11.0. The molecule has 0 aliphatic heterocycles. The number of hydrogen-bond donors (Lipinski definition) is 1. The number of unbranched alkanes of at least 4 members (excludes halogenated alkanes) is 4. The summed E-state index contributed by atoms with van der Waals surface area (Å²) in [5.74, 6) is 0.164. The van der Waals surface area contributed by atoms with Crippen LogP contribution in [0.4, 0.5) is 0 Å². The molecule has 7 heteroatoms. The summed E-state index contributed by atoms with van der Waals surface area (Å²) in [5, 5.41) is 11.9. The third kappa shape index (κ3) is 6.93. The second-order valence-corrected chi connectivity index (χ2v) is 7.34. The van der Waals surface area contributed by atoms with E-state index in [1.165, 1.54) is 6.07 Å². The van der Waals surface area contributed by atoms with Gasteiger partial charge in [0.05, 0.1) is 0 Å². The van der Waals surface area contributed by atoms with Crippen molar-refractivity contribution in [2.24, 2.45) is 0 Å². The van der Waals surface area contributed by atoms with Crippen LogP contribution in [-0.4, -0.2) is 13.0 Å². The molecule has 136 valence electrons. The minimum absolute atomic E-state index is 0. The van der Waals surface area contributed by atoms with Gasteiger partial charge in [-0.15, -0.1) is 5.75 Å². The molecule has 0 saturated heterocycles. The van der Waals surface area contributed by atoms with E-state index in [0.29, 0.717) is 17.7 Å². The minimum atomic E-state index is -4.50. The number of rotatable bonds is 9. The van der Waals surface area contributed by atoms with Gasteiger partial charge in [0.2, 0.25) is 0 Å². The molecular formula is C19H23NaO5S. The second kappa shape index (κ2) is 10.9. The molecule has 0 aliphatic rings. The zero-order chi connectivity index (χ0) is 18.3. The Morgan fingerprint density at radius 2 is 1.69 bits per heavy atom. The van der Waals surface area contributed by atoms with Crippen molar-refractivity contribution in [2.75, 3.05) is 0 Å². The summed E-state index contributed by atoms with van der Waals surface area (Å²) in [4.78, 5) is -0.360. The SMILES string of the molecule is CCCCCCCc1c(Oc2ccccc2)cc([O-])cc1S(=O)(=O)O.[Na+]. The van der Waals surface area contributed by atoms with E-state index < -0.39 is 15.9 Å². The Morgan fingerprint density at radius 3 is 2.31 bits per heavy atom. The van der Waals surface area contributed by atoms with Gasteiger partial charge in [0, 0.05) is 5.56 Å². The van der Waals surface area contributed by atoms with Gasteiger partial charge in [0.1, 0.15) is 16.4 Å². The van der Waals surface area contributed by atoms with Crippen LogP contribution in [0, 0.1) is 0 Å². The average molecular weight is 386 g/mol. The maximum Gasteiger partial charge on any atom is 1.00 e. The van der Waals surface area contributed by atoms with Crippen molar-refractivity contribution in [3.63, 3.8) is 0 Å². The van der Waals surface area contributed by atoms with Crippen molar-refractivity contribution in [2.45, 2.75) is 50.3 Å². The van der Waals surface area contributed by atoms with Gasteiger partial charge in [-0.05, 0) is 37.1 Å². The van der Waals surface area contributed by atoms with Gasteiger partial charge >= 0.3 is 29.6 Å². The fourth-order valence-electron chi connectivity index (χ4n) is 2.68. The molecule has 0 heterocycles. The summed E-state index contributed by atoms with van der Waals surface area (Å²) >= 11 is 0. The van der Waals surface area contributed by atoms with Crippen molar-refractivity contribution in [1.29, 1.82) is 0 Å². The molecule has 26 heavy (non-hydrogen) atoms. The standard InChI is InChI=1S/C19H24O5S.Na/c1-2-3-4-5-9-12-17-18(24-16-10-7-6-8-11-16)13-15(20)14-19(17)25(21,22)23;/h6-8,10-11,13-14,20H,2-5,9,12H2,1H3,(H,21,22,23);/q;+1/p-1. The summed E-state index contributed by atoms with van der Waals surface area (Å²) in [7, 11) is -4.50. The van der Waals surface area contributed by atoms with Crippen molar-refractivity contribution in [3.05, 3.63) is 48.0 Å². The fourth-order valence-corrected chi connectivity index (χ4v) is 3.46. The molecule has 0 aromatic heterocycles. The summed E-state index contributed by atoms with van der Waals surface area (Å²) in [6, 6.07) is 11.0. The maximum atomic E-state index is 11.9. The molecule has 0 amide bonds. The molecule has 0 bridgehead atoms. The molecule has 0 saturated carbocycles. The summed E-state index contributed by atoms with van der Waals surface area (Å²) < 4.78 is 38.6. The summed E-state index contributed by atoms with van der Waals surface area (Å²) in [6.45, 7) is 2.12. The van der Waals surface area contributed by atoms with Crippen LogP contribution in [0.3, 0.4) is 0 Å². The molecule has 2 aromatic carbocycles. The first-order valence-corrected chi connectivity index (χ1v) is 9.90. The molecule has 0 fully saturated rings. The fraction of sp³-hybridized carbons (Fsp3) is 0.368. The molecule has 0 aliphatic carbocycles. The Morgan fingerprint density at radius 1 is 1.04 bits per heavy atom. The zero-order valence-corrected chi connectivity index (χ0v) is 18.1. The third-order valence-corrected chi connectivity index (χ3v) is 4.84. The molecule has 0 spiro atoms. The smallest absolute Gasteiger partial charge is 0.872 e. The predicted molar refractivity (Wildman–Crippen MR) is 94.7 cm³/mol. The third-order valence-electron chi connectivity index (χ3n) is 3.92. The number of para-hydroxylation sites is 1. The number of hydrogen-bond acceptors (Lipinski definition) is 4. The van der Waals surface area contributed by atoms with Gasteiger partial charge in [-0.3, -0.25) is 4.55 Å². The van der Waals surface area contributed by atoms with Crippen LogP contribution >= 0.6 is 0 Å². The van der Waals surface area contributed by atoms with Gasteiger partial charge < -0.3 is 9.84 Å². The van der Waals surface area contributed by atoms with Crippen LogP contribution < -0.4 is 39.4 Å². The van der Waals surface area contributed by atoms with Crippen molar-refractivity contribution in [3.8, 4) is 17.2 Å². The van der Waals surface area contributed by atoms with Gasteiger partial charge in [-0.25, -0.2) is 0 Å². The van der Waals surface area contributed by atoms with Crippen molar-refractivity contribution >= 4 is 10.1 Å². The molecule has 5 nitrogen and oxygen atoms in total.